The van der Waals surface area contributed by atoms with Gasteiger partial charge in [-0.1, -0.05) is 13.8 Å². The maximum Gasteiger partial charge on any atom is 0.133 e. The largest absolute Gasteiger partial charge is 0.393 e. The maximum atomic E-state index is 12.2. The summed E-state index contributed by atoms with van der Waals surface area (Å²) in [4.78, 5) is 24.1. The predicted octanol–water partition coefficient (Wildman–Crippen LogP) is 3.77. The van der Waals surface area contributed by atoms with Crippen molar-refractivity contribution < 1.29 is 14.7 Å². The summed E-state index contributed by atoms with van der Waals surface area (Å²) in [7, 11) is 0. The average Bonchev–Trinajstić information content (AvgIpc) is 2.84. The number of fused-ring (bicyclic) bond motifs is 5. The van der Waals surface area contributed by atoms with E-state index in [-0.39, 0.29) is 22.9 Å². The minimum atomic E-state index is -0.308. The second kappa shape index (κ2) is 5.40. The van der Waals surface area contributed by atoms with Crippen LogP contribution in [0.4, 0.5) is 0 Å². The molecule has 0 aromatic heterocycles. The second-order valence-electron chi connectivity index (χ2n) is 9.84. The van der Waals surface area contributed by atoms with Gasteiger partial charge in [-0.15, -0.1) is 0 Å². The van der Waals surface area contributed by atoms with Crippen LogP contribution >= 0.6 is 0 Å². The van der Waals surface area contributed by atoms with Crippen molar-refractivity contribution in [1.29, 1.82) is 0 Å². The number of aliphatic hydroxyl groups is 1. The fourth-order valence-corrected chi connectivity index (χ4v) is 7.84. The van der Waals surface area contributed by atoms with Gasteiger partial charge in [0, 0.05) is 18.8 Å². The molecule has 24 heavy (non-hydrogen) atoms. The number of ketones is 2. The minimum absolute atomic E-state index is 0.0138. The molecule has 4 aliphatic carbocycles. The Hall–Kier alpha value is -0.700. The molecular formula is C21H32O3. The molecule has 0 bridgehead atoms. The van der Waals surface area contributed by atoms with Crippen molar-refractivity contribution in [2.45, 2.75) is 78.2 Å². The lowest BCUT2D eigenvalue weighted by atomic mass is 9.44. The van der Waals surface area contributed by atoms with Gasteiger partial charge in [0.15, 0.2) is 0 Å². The van der Waals surface area contributed by atoms with Gasteiger partial charge in [-0.2, -0.15) is 0 Å². The first-order valence-corrected chi connectivity index (χ1v) is 9.97. The Morgan fingerprint density at radius 1 is 1.12 bits per heavy atom. The van der Waals surface area contributed by atoms with Gasteiger partial charge in [-0.3, -0.25) is 9.59 Å². The van der Waals surface area contributed by atoms with Crippen LogP contribution in [0.1, 0.15) is 72.1 Å². The standard InChI is InChI=1S/C21H32O3/c1-12(22)16-6-7-17-15-5-4-13-10-14(23)8-9-20(13,2)19(15)18(24)11-21(16,17)3/h13,15-19,24H,4-11H2,1-3H3/t13-,15+,16-,17-,18-,19-,20+,21-/m1/s1. The Morgan fingerprint density at radius 3 is 2.58 bits per heavy atom. The van der Waals surface area contributed by atoms with Crippen molar-refractivity contribution in [3.63, 3.8) is 0 Å². The molecule has 4 fully saturated rings. The predicted molar refractivity (Wildman–Crippen MR) is 92.3 cm³/mol. The number of hydrogen-bond acceptors (Lipinski definition) is 3. The van der Waals surface area contributed by atoms with E-state index in [9.17, 15) is 14.7 Å². The fraction of sp³-hybridized carbons (Fsp3) is 0.905. The first kappa shape index (κ1) is 16.8. The highest BCUT2D eigenvalue weighted by molar-refractivity contribution is 5.80. The zero-order valence-electron chi connectivity index (χ0n) is 15.4. The number of hydrogen-bond donors (Lipinski definition) is 1. The summed E-state index contributed by atoms with van der Waals surface area (Å²) in [5.74, 6) is 2.78. The fourth-order valence-electron chi connectivity index (χ4n) is 7.84. The van der Waals surface area contributed by atoms with Crippen molar-refractivity contribution in [3.8, 4) is 0 Å². The number of carbonyl (C=O) groups is 2. The molecule has 0 heterocycles. The Labute approximate surface area is 145 Å². The van der Waals surface area contributed by atoms with Gasteiger partial charge in [-0.25, -0.2) is 0 Å². The van der Waals surface area contributed by atoms with Crippen LogP contribution in [0.3, 0.4) is 0 Å². The van der Waals surface area contributed by atoms with Gasteiger partial charge < -0.3 is 5.11 Å². The van der Waals surface area contributed by atoms with Crippen molar-refractivity contribution in [1.82, 2.24) is 0 Å². The number of aliphatic hydroxyl groups excluding tert-OH is 1. The van der Waals surface area contributed by atoms with Gasteiger partial charge in [-0.05, 0) is 80.0 Å². The summed E-state index contributed by atoms with van der Waals surface area (Å²) < 4.78 is 0. The van der Waals surface area contributed by atoms with E-state index >= 15 is 0 Å². The first-order chi connectivity index (χ1) is 11.3. The maximum absolute atomic E-state index is 12.2. The van der Waals surface area contributed by atoms with Gasteiger partial charge >= 0.3 is 0 Å². The molecule has 0 aliphatic heterocycles. The Morgan fingerprint density at radius 2 is 1.88 bits per heavy atom. The third-order valence-corrected chi connectivity index (χ3v) is 8.90. The third kappa shape index (κ3) is 2.12. The highest BCUT2D eigenvalue weighted by Gasteiger charge is 2.63. The van der Waals surface area contributed by atoms with E-state index in [1.165, 1.54) is 0 Å². The minimum Gasteiger partial charge on any atom is -0.393 e. The van der Waals surface area contributed by atoms with Gasteiger partial charge in [0.1, 0.15) is 11.6 Å². The average molecular weight is 332 g/mol. The van der Waals surface area contributed by atoms with E-state index in [2.05, 4.69) is 13.8 Å². The Bertz CT molecular complexity index is 569. The number of rotatable bonds is 1. The number of Topliss-reactive ketones (excluding diaryl/α,β-unsaturated/α-hetero) is 2. The summed E-state index contributed by atoms with van der Waals surface area (Å²) in [6.45, 7) is 6.36. The summed E-state index contributed by atoms with van der Waals surface area (Å²) in [6, 6.07) is 0. The third-order valence-electron chi connectivity index (χ3n) is 8.90. The van der Waals surface area contributed by atoms with Gasteiger partial charge in [0.2, 0.25) is 0 Å². The smallest absolute Gasteiger partial charge is 0.133 e. The lowest BCUT2D eigenvalue weighted by molar-refractivity contribution is -0.173. The molecule has 4 rings (SSSR count). The molecule has 3 heteroatoms. The zero-order chi connectivity index (χ0) is 17.3. The highest BCUT2D eigenvalue weighted by Crippen LogP contribution is 2.67. The zero-order valence-corrected chi connectivity index (χ0v) is 15.4. The molecule has 0 amide bonds. The molecule has 4 saturated carbocycles. The molecule has 134 valence electrons. The summed E-state index contributed by atoms with van der Waals surface area (Å²) >= 11 is 0. The van der Waals surface area contributed by atoms with E-state index in [0.717, 1.165) is 44.9 Å². The molecule has 0 saturated heterocycles. The lowest BCUT2D eigenvalue weighted by Gasteiger charge is -2.61. The van der Waals surface area contributed by atoms with Crippen molar-refractivity contribution in [2.24, 2.45) is 40.4 Å². The van der Waals surface area contributed by atoms with Crippen molar-refractivity contribution in [2.75, 3.05) is 0 Å². The van der Waals surface area contributed by atoms with Gasteiger partial charge in [0.25, 0.3) is 0 Å². The summed E-state index contributed by atoms with van der Waals surface area (Å²) in [5.41, 5.74) is 0.103. The van der Waals surface area contributed by atoms with Crippen molar-refractivity contribution >= 4 is 11.6 Å². The van der Waals surface area contributed by atoms with Crippen LogP contribution in [0.5, 0.6) is 0 Å². The summed E-state index contributed by atoms with van der Waals surface area (Å²) in [6.07, 6.45) is 7.27. The molecule has 0 radical (unpaired) electrons. The SMILES string of the molecule is CC(=O)[C@H]1CC[C@@H]2[C@@H]3CC[C@@H]4CC(=O)CC[C@]4(C)[C@H]3[C@H](O)C[C@]12C. The molecular weight excluding hydrogens is 300 g/mol. The first-order valence-electron chi connectivity index (χ1n) is 9.97. The lowest BCUT2D eigenvalue weighted by Crippen LogP contribution is -2.59. The molecule has 0 aromatic carbocycles. The van der Waals surface area contributed by atoms with Crippen molar-refractivity contribution in [3.05, 3.63) is 0 Å². The molecule has 1 N–H and O–H groups in total. The molecule has 4 aliphatic rings. The van der Waals surface area contributed by atoms with Crippen LogP contribution in [0.2, 0.25) is 0 Å². The van der Waals surface area contributed by atoms with Gasteiger partial charge in [0.05, 0.1) is 6.10 Å². The molecule has 0 unspecified atom stereocenters. The van der Waals surface area contributed by atoms with Crippen LogP contribution in [0.15, 0.2) is 0 Å². The normalized spacial score (nSPS) is 53.9. The quantitative estimate of drug-likeness (QED) is 0.795. The van der Waals surface area contributed by atoms with E-state index in [0.29, 0.717) is 41.7 Å². The highest BCUT2D eigenvalue weighted by atomic mass is 16.3. The van der Waals surface area contributed by atoms with E-state index in [4.69, 9.17) is 0 Å². The summed E-state index contributed by atoms with van der Waals surface area (Å²) in [5, 5.41) is 11.2. The van der Waals surface area contributed by atoms with Crippen LogP contribution in [-0.2, 0) is 9.59 Å². The molecule has 0 aromatic rings. The number of carbonyl (C=O) groups excluding carboxylic acids is 2. The Kier molecular flexibility index (Phi) is 3.77. The molecule has 3 nitrogen and oxygen atoms in total. The molecule has 0 spiro atoms. The van der Waals surface area contributed by atoms with Crippen LogP contribution < -0.4 is 0 Å². The topological polar surface area (TPSA) is 54.4 Å². The van der Waals surface area contributed by atoms with E-state index in [1.54, 1.807) is 6.92 Å². The van der Waals surface area contributed by atoms with Crippen LogP contribution in [0, 0.1) is 40.4 Å². The Balaban J connectivity index is 1.68. The van der Waals surface area contributed by atoms with E-state index in [1.807, 2.05) is 0 Å². The monoisotopic (exact) mass is 332 g/mol. The molecule has 8 atom stereocenters. The van der Waals surface area contributed by atoms with E-state index < -0.39 is 0 Å². The second-order valence-corrected chi connectivity index (χ2v) is 9.84. The van der Waals surface area contributed by atoms with Crippen LogP contribution in [0.25, 0.3) is 0 Å². The van der Waals surface area contributed by atoms with Crippen LogP contribution in [-0.4, -0.2) is 22.8 Å².